The largest absolute Gasteiger partial charge is 0.508 e. The Morgan fingerprint density at radius 3 is 2.48 bits per heavy atom. The third kappa shape index (κ3) is 3.19. The molecule has 0 amide bonds. The number of rotatable bonds is 5. The van der Waals surface area contributed by atoms with Gasteiger partial charge in [0.05, 0.1) is 13.3 Å². The fourth-order valence-electron chi connectivity index (χ4n) is 2.50. The minimum absolute atomic E-state index is 0.00490. The van der Waals surface area contributed by atoms with Crippen LogP contribution < -0.4 is 10.1 Å². The van der Waals surface area contributed by atoms with Crippen LogP contribution in [-0.4, -0.2) is 22.0 Å². The predicted molar refractivity (Wildman–Crippen MR) is 82.6 cm³/mol. The Balaban J connectivity index is 2.17. The molecule has 0 aliphatic rings. The van der Waals surface area contributed by atoms with Crippen LogP contribution in [-0.2, 0) is 7.05 Å². The number of phenolic OH excluding ortho intramolecular Hbond substituents is 1. The highest BCUT2D eigenvalue weighted by Crippen LogP contribution is 2.30. The van der Waals surface area contributed by atoms with Crippen LogP contribution in [0.2, 0.25) is 0 Å². The van der Waals surface area contributed by atoms with Crippen molar-refractivity contribution in [1.82, 2.24) is 15.1 Å². The first-order chi connectivity index (χ1) is 9.93. The van der Waals surface area contributed by atoms with Gasteiger partial charge in [0.15, 0.2) is 0 Å². The van der Waals surface area contributed by atoms with Crippen LogP contribution in [0, 0.1) is 6.92 Å². The zero-order valence-corrected chi connectivity index (χ0v) is 13.2. The summed E-state index contributed by atoms with van der Waals surface area (Å²) in [6.07, 6.45) is 1.88. The molecule has 0 aliphatic heterocycles. The molecular formula is C16H23N3O2. The van der Waals surface area contributed by atoms with Gasteiger partial charge in [0.2, 0.25) is 0 Å². The lowest BCUT2D eigenvalue weighted by Gasteiger charge is -2.21. The summed E-state index contributed by atoms with van der Waals surface area (Å²) >= 11 is 0. The Bertz CT molecular complexity index is 622. The van der Waals surface area contributed by atoms with Gasteiger partial charge in [-0.2, -0.15) is 5.10 Å². The summed E-state index contributed by atoms with van der Waals surface area (Å²) in [5.41, 5.74) is 3.12. The molecule has 2 rings (SSSR count). The van der Waals surface area contributed by atoms with Crippen LogP contribution in [0.4, 0.5) is 0 Å². The molecule has 0 fully saturated rings. The van der Waals surface area contributed by atoms with Crippen molar-refractivity contribution in [1.29, 1.82) is 0 Å². The topological polar surface area (TPSA) is 59.3 Å². The third-order valence-corrected chi connectivity index (χ3v) is 3.94. The SMILES string of the molecule is COc1ccc(O)c(C(C)NC(C)c2cnn(C)c2C)c1. The molecule has 2 N–H and O–H groups in total. The van der Waals surface area contributed by atoms with E-state index >= 15 is 0 Å². The molecule has 2 aromatic rings. The van der Waals surface area contributed by atoms with E-state index in [0.29, 0.717) is 0 Å². The van der Waals surface area contributed by atoms with Crippen LogP contribution in [0.3, 0.4) is 0 Å². The monoisotopic (exact) mass is 289 g/mol. The van der Waals surface area contributed by atoms with Crippen molar-refractivity contribution in [2.75, 3.05) is 7.11 Å². The van der Waals surface area contributed by atoms with Crippen LogP contribution >= 0.6 is 0 Å². The Morgan fingerprint density at radius 1 is 1.24 bits per heavy atom. The summed E-state index contributed by atoms with van der Waals surface area (Å²) < 4.78 is 7.08. The Kier molecular flexibility index (Phi) is 4.53. The third-order valence-electron chi connectivity index (χ3n) is 3.94. The van der Waals surface area contributed by atoms with Gasteiger partial charge in [-0.1, -0.05) is 0 Å². The van der Waals surface area contributed by atoms with Crippen molar-refractivity contribution < 1.29 is 9.84 Å². The molecule has 1 aromatic heterocycles. The summed E-state index contributed by atoms with van der Waals surface area (Å²) in [4.78, 5) is 0. The van der Waals surface area contributed by atoms with E-state index in [1.807, 2.05) is 37.8 Å². The number of methoxy groups -OCH3 is 1. The first-order valence-electron chi connectivity index (χ1n) is 7.05. The highest BCUT2D eigenvalue weighted by Gasteiger charge is 2.17. The van der Waals surface area contributed by atoms with E-state index in [-0.39, 0.29) is 17.8 Å². The summed E-state index contributed by atoms with van der Waals surface area (Å²) in [6, 6.07) is 5.40. The second kappa shape index (κ2) is 6.18. The van der Waals surface area contributed by atoms with E-state index in [1.165, 1.54) is 0 Å². The van der Waals surface area contributed by atoms with E-state index < -0.39 is 0 Å². The van der Waals surface area contributed by atoms with E-state index in [1.54, 1.807) is 19.2 Å². The average molecular weight is 289 g/mol. The molecule has 0 saturated heterocycles. The van der Waals surface area contributed by atoms with Crippen molar-refractivity contribution in [3.63, 3.8) is 0 Å². The Labute approximate surface area is 125 Å². The van der Waals surface area contributed by atoms with Crippen LogP contribution in [0.15, 0.2) is 24.4 Å². The zero-order chi connectivity index (χ0) is 15.6. The van der Waals surface area contributed by atoms with Gasteiger partial charge >= 0.3 is 0 Å². The van der Waals surface area contributed by atoms with Crippen molar-refractivity contribution in [3.8, 4) is 11.5 Å². The van der Waals surface area contributed by atoms with E-state index in [4.69, 9.17) is 4.74 Å². The number of nitrogens with zero attached hydrogens (tertiary/aromatic N) is 2. The van der Waals surface area contributed by atoms with Crippen LogP contribution in [0.25, 0.3) is 0 Å². The molecule has 1 aromatic carbocycles. The molecule has 114 valence electrons. The van der Waals surface area contributed by atoms with Gasteiger partial charge in [-0.3, -0.25) is 4.68 Å². The second-order valence-electron chi connectivity index (χ2n) is 5.34. The number of aryl methyl sites for hydroxylation is 1. The maximum Gasteiger partial charge on any atom is 0.120 e. The second-order valence-corrected chi connectivity index (χ2v) is 5.34. The molecule has 0 radical (unpaired) electrons. The van der Waals surface area contributed by atoms with Gasteiger partial charge in [0.1, 0.15) is 11.5 Å². The standard InChI is InChI=1S/C16H23N3O2/c1-10(14-8-13(21-5)6-7-16(14)20)18-11(2)15-9-17-19(4)12(15)3/h6-11,18,20H,1-5H3. The van der Waals surface area contributed by atoms with E-state index in [2.05, 4.69) is 17.3 Å². The quantitative estimate of drug-likeness (QED) is 0.888. The van der Waals surface area contributed by atoms with Crippen LogP contribution in [0.1, 0.15) is 42.8 Å². The highest BCUT2D eigenvalue weighted by molar-refractivity contribution is 5.41. The first-order valence-corrected chi connectivity index (χ1v) is 7.05. The summed E-state index contributed by atoms with van der Waals surface area (Å²) in [7, 11) is 3.55. The predicted octanol–water partition coefficient (Wildman–Crippen LogP) is 2.85. The van der Waals surface area contributed by atoms with Crippen molar-refractivity contribution >= 4 is 0 Å². The Hall–Kier alpha value is -2.01. The Morgan fingerprint density at radius 2 is 1.90 bits per heavy atom. The lowest BCUT2D eigenvalue weighted by atomic mass is 10.0. The van der Waals surface area contributed by atoms with E-state index in [0.717, 1.165) is 22.6 Å². The van der Waals surface area contributed by atoms with Gasteiger partial charge in [0, 0.05) is 36.0 Å². The molecular weight excluding hydrogens is 266 g/mol. The fraction of sp³-hybridized carbons (Fsp3) is 0.438. The van der Waals surface area contributed by atoms with Gasteiger partial charge in [-0.15, -0.1) is 0 Å². The van der Waals surface area contributed by atoms with Gasteiger partial charge < -0.3 is 15.2 Å². The molecule has 0 bridgehead atoms. The van der Waals surface area contributed by atoms with Crippen molar-refractivity contribution in [3.05, 3.63) is 41.2 Å². The average Bonchev–Trinajstić information content (AvgIpc) is 2.79. The molecule has 0 spiro atoms. The number of nitrogens with one attached hydrogen (secondary N) is 1. The highest BCUT2D eigenvalue weighted by atomic mass is 16.5. The number of hydrogen-bond donors (Lipinski definition) is 2. The zero-order valence-electron chi connectivity index (χ0n) is 13.2. The van der Waals surface area contributed by atoms with Gasteiger partial charge in [-0.05, 0) is 39.0 Å². The molecule has 2 unspecified atom stereocenters. The lowest BCUT2D eigenvalue weighted by Crippen LogP contribution is -2.23. The smallest absolute Gasteiger partial charge is 0.120 e. The maximum atomic E-state index is 10.0. The first kappa shape index (κ1) is 15.4. The molecule has 0 saturated carbocycles. The maximum absolute atomic E-state index is 10.0. The number of aromatic nitrogens is 2. The minimum atomic E-state index is -0.00490. The summed E-state index contributed by atoms with van der Waals surface area (Å²) in [5, 5.41) is 17.8. The number of aromatic hydroxyl groups is 1. The molecule has 2 atom stereocenters. The van der Waals surface area contributed by atoms with Gasteiger partial charge in [0.25, 0.3) is 0 Å². The lowest BCUT2D eigenvalue weighted by molar-refractivity contribution is 0.404. The molecule has 21 heavy (non-hydrogen) atoms. The molecule has 0 aliphatic carbocycles. The normalized spacial score (nSPS) is 14.0. The number of phenols is 1. The minimum Gasteiger partial charge on any atom is -0.508 e. The molecule has 5 heteroatoms. The van der Waals surface area contributed by atoms with E-state index in [9.17, 15) is 5.11 Å². The summed E-state index contributed by atoms with van der Waals surface area (Å²) in [5.74, 6) is 1.01. The van der Waals surface area contributed by atoms with Crippen molar-refractivity contribution in [2.45, 2.75) is 32.9 Å². The number of benzene rings is 1. The van der Waals surface area contributed by atoms with Gasteiger partial charge in [-0.25, -0.2) is 0 Å². The van der Waals surface area contributed by atoms with Crippen molar-refractivity contribution in [2.24, 2.45) is 7.05 Å². The number of hydrogen-bond acceptors (Lipinski definition) is 4. The van der Waals surface area contributed by atoms with Crippen LogP contribution in [0.5, 0.6) is 11.5 Å². The molecule has 1 heterocycles. The number of ether oxygens (including phenoxy) is 1. The fourth-order valence-corrected chi connectivity index (χ4v) is 2.50. The summed E-state index contributed by atoms with van der Waals surface area (Å²) in [6.45, 7) is 6.17. The molecule has 5 nitrogen and oxygen atoms in total.